The molecule has 0 N–H and O–H groups in total. The zero-order chi connectivity index (χ0) is 44.4. The number of rotatable bonds is 8. The van der Waals surface area contributed by atoms with E-state index in [0.29, 0.717) is 10.8 Å². The Morgan fingerprint density at radius 3 is 1.15 bits per heavy atom. The van der Waals surface area contributed by atoms with Crippen LogP contribution in [0.1, 0.15) is 128 Å². The second kappa shape index (κ2) is 24.9. The van der Waals surface area contributed by atoms with Crippen LogP contribution in [-0.4, -0.2) is 5.43 Å². The van der Waals surface area contributed by atoms with E-state index in [1.165, 1.54) is 181 Å². The molecule has 0 aromatic heterocycles. The molecule has 66 heavy (non-hydrogen) atoms. The van der Waals surface area contributed by atoms with Gasteiger partial charge >= 0.3 is 41.9 Å². The molecular formula is C62H72Cl2SiZr-2. The van der Waals surface area contributed by atoms with Gasteiger partial charge in [-0.1, -0.05) is 187 Å². The number of benzene rings is 6. The van der Waals surface area contributed by atoms with Crippen LogP contribution in [0.25, 0.3) is 65.3 Å². The maximum atomic E-state index is 2.50. The van der Waals surface area contributed by atoms with E-state index in [-0.39, 0.29) is 30.2 Å². The summed E-state index contributed by atoms with van der Waals surface area (Å²) in [5.74, 6) is 0. The van der Waals surface area contributed by atoms with Crippen molar-refractivity contribution in [2.45, 2.75) is 143 Å². The van der Waals surface area contributed by atoms with Crippen molar-refractivity contribution < 1.29 is 48.1 Å². The molecule has 0 radical (unpaired) electrons. The van der Waals surface area contributed by atoms with Crippen molar-refractivity contribution in [3.63, 3.8) is 0 Å². The third-order valence-electron chi connectivity index (χ3n) is 15.2. The molecule has 8 aromatic carbocycles. The Hall–Kier alpha value is -3.26. The summed E-state index contributed by atoms with van der Waals surface area (Å²) in [6, 6.07) is 54.6. The molecule has 0 heterocycles. The third-order valence-corrected chi connectivity index (χ3v) is 15.2. The molecule has 4 heteroatoms. The fourth-order valence-electron chi connectivity index (χ4n) is 11.5. The summed E-state index contributed by atoms with van der Waals surface area (Å²) in [7, 11) is 0. The molecule has 2 aliphatic carbocycles. The topological polar surface area (TPSA) is 0 Å². The fourth-order valence-corrected chi connectivity index (χ4v) is 11.5. The van der Waals surface area contributed by atoms with Crippen LogP contribution in [0, 0.1) is 10.8 Å². The molecule has 0 aliphatic heterocycles. The summed E-state index contributed by atoms with van der Waals surface area (Å²) >= 11 is 1.74. The fraction of sp³-hybridized carbons (Fsp3) is 0.387. The molecule has 0 bridgehead atoms. The first-order valence-electron chi connectivity index (χ1n) is 25.1. The minimum Gasteiger partial charge on any atom is -1.00 e. The van der Waals surface area contributed by atoms with Crippen LogP contribution in [0.3, 0.4) is 0 Å². The minimum atomic E-state index is 0. The molecule has 10 rings (SSSR count). The van der Waals surface area contributed by atoms with E-state index in [1.807, 2.05) is 0 Å². The van der Waals surface area contributed by atoms with Crippen LogP contribution in [0.5, 0.6) is 0 Å². The zero-order valence-corrected chi connectivity index (χ0v) is 45.3. The smallest absolute Gasteiger partial charge is 1.00 e. The largest absolute Gasteiger partial charge is 1.00 e. The second-order valence-electron chi connectivity index (χ2n) is 20.1. The molecule has 0 amide bonds. The number of fused-ring (bicyclic) bond motifs is 4. The summed E-state index contributed by atoms with van der Waals surface area (Å²) in [6.45, 7) is 9.46. The summed E-state index contributed by atoms with van der Waals surface area (Å²) in [5, 5.41) is 10.9. The van der Waals surface area contributed by atoms with Crippen LogP contribution in [0.4, 0.5) is 0 Å². The van der Waals surface area contributed by atoms with Gasteiger partial charge in [0.2, 0.25) is 0 Å². The van der Waals surface area contributed by atoms with Crippen molar-refractivity contribution in [3.8, 4) is 22.3 Å². The first-order valence-corrected chi connectivity index (χ1v) is 31.3. The van der Waals surface area contributed by atoms with Gasteiger partial charge in [-0.25, -0.2) is 0 Å². The summed E-state index contributed by atoms with van der Waals surface area (Å²) in [4.78, 5) is 0. The standard InChI is InChI=1S/2C30H33.C2H6Si.2ClH.Zr/c2*1-2-30(17-8-4-3-5-9-18-30)22-23-19-26-13-10-14-28(29(26)20-23)27-16-15-24-11-6-7-12-25(24)21-27;1-3-2;;;/h2*6-7,10-16,19-21H,2-5,8-9,17-18,22H2,1H3;1-2H3;2*1H;/q2*-1;;;;+2/p-2. The summed E-state index contributed by atoms with van der Waals surface area (Å²) in [5.41, 5.74) is 9.70. The van der Waals surface area contributed by atoms with Gasteiger partial charge in [0, 0.05) is 0 Å². The van der Waals surface area contributed by atoms with Gasteiger partial charge in [0.25, 0.3) is 0 Å². The monoisotopic (exact) mass is 1000 g/mol. The number of hydrogen-bond donors (Lipinski definition) is 0. The van der Waals surface area contributed by atoms with Crippen molar-refractivity contribution in [2.24, 2.45) is 10.8 Å². The number of halogens is 2. The van der Waals surface area contributed by atoms with Crippen molar-refractivity contribution in [1.29, 1.82) is 0 Å². The van der Waals surface area contributed by atoms with E-state index in [2.05, 4.69) is 173 Å². The van der Waals surface area contributed by atoms with Crippen molar-refractivity contribution in [3.05, 3.63) is 157 Å². The molecule has 0 spiro atoms. The Balaban J connectivity index is 0.000000196. The minimum absolute atomic E-state index is 0. The first-order chi connectivity index (χ1) is 31.3. The quantitative estimate of drug-likeness (QED) is 0.105. The normalized spacial score (nSPS) is 16.0. The molecule has 0 nitrogen and oxygen atoms in total. The molecule has 0 unspecified atom stereocenters. The SMILES string of the molecule is CCC1(Cc2cc3c(-c4ccc5ccccc5c4)cccc3[cH-]2)CCCCCCC1.CCC1(Cc2cc3c(-c4ccc5ccccc5c4)cccc3[cH-]2)CCCCCCC1.C[Si](C)=[Zr+2].[Cl-].[Cl-]. The van der Waals surface area contributed by atoms with Crippen LogP contribution in [-0.2, 0) is 36.2 Å². The molecule has 344 valence electrons. The second-order valence-corrected chi connectivity index (χ2v) is 29.4. The predicted octanol–water partition coefficient (Wildman–Crippen LogP) is 12.9. The first kappa shape index (κ1) is 52.1. The Morgan fingerprint density at radius 1 is 0.439 bits per heavy atom. The van der Waals surface area contributed by atoms with E-state index in [1.54, 1.807) is 34.5 Å². The van der Waals surface area contributed by atoms with Crippen LogP contribution in [0.15, 0.2) is 146 Å². The predicted molar refractivity (Wildman–Crippen MR) is 280 cm³/mol. The summed E-state index contributed by atoms with van der Waals surface area (Å²) in [6.07, 6.45) is 25.0. The van der Waals surface area contributed by atoms with Gasteiger partial charge in [0.1, 0.15) is 0 Å². The van der Waals surface area contributed by atoms with E-state index in [9.17, 15) is 0 Å². The van der Waals surface area contributed by atoms with Gasteiger partial charge in [-0.2, -0.15) is 12.1 Å². The average Bonchev–Trinajstić information content (AvgIpc) is 3.91. The summed E-state index contributed by atoms with van der Waals surface area (Å²) < 4.78 is 0. The van der Waals surface area contributed by atoms with Crippen molar-refractivity contribution in [1.82, 2.24) is 0 Å². The van der Waals surface area contributed by atoms with Crippen molar-refractivity contribution >= 4 is 48.5 Å². The Kier molecular flexibility index (Phi) is 19.6. The van der Waals surface area contributed by atoms with Crippen LogP contribution >= 0.6 is 0 Å². The third kappa shape index (κ3) is 13.1. The van der Waals surface area contributed by atoms with E-state index >= 15 is 0 Å². The van der Waals surface area contributed by atoms with Crippen molar-refractivity contribution in [2.75, 3.05) is 0 Å². The van der Waals surface area contributed by atoms with Gasteiger partial charge in [0.05, 0.1) is 0 Å². The van der Waals surface area contributed by atoms with Gasteiger partial charge in [0.15, 0.2) is 0 Å². The Bertz CT molecular complexity index is 2580. The van der Waals surface area contributed by atoms with Gasteiger partial charge in [-0.3, -0.25) is 0 Å². The van der Waals surface area contributed by atoms with E-state index in [0.717, 1.165) is 0 Å². The molecule has 0 atom stereocenters. The van der Waals surface area contributed by atoms with Gasteiger partial charge in [-0.05, 0) is 94.2 Å². The van der Waals surface area contributed by atoms with Gasteiger partial charge < -0.3 is 24.8 Å². The van der Waals surface area contributed by atoms with Crippen LogP contribution < -0.4 is 24.8 Å². The van der Waals surface area contributed by atoms with Gasteiger partial charge in [-0.15, -0.1) is 69.1 Å². The van der Waals surface area contributed by atoms with Crippen LogP contribution in [0.2, 0.25) is 13.1 Å². The molecule has 2 fully saturated rings. The molecule has 0 saturated heterocycles. The maximum absolute atomic E-state index is 2.50. The number of hydrogen-bond acceptors (Lipinski definition) is 0. The molecule has 2 saturated carbocycles. The Labute approximate surface area is 425 Å². The molecule has 2 aliphatic rings. The Morgan fingerprint density at radius 2 is 0.788 bits per heavy atom. The van der Waals surface area contributed by atoms with E-state index < -0.39 is 0 Å². The maximum Gasteiger partial charge on any atom is -1.00 e. The molecular weight excluding hydrogens is 935 g/mol. The average molecular weight is 1010 g/mol. The van der Waals surface area contributed by atoms with E-state index in [4.69, 9.17) is 0 Å². The molecule has 8 aromatic rings. The zero-order valence-electron chi connectivity index (χ0n) is 40.3.